The summed E-state index contributed by atoms with van der Waals surface area (Å²) in [5.41, 5.74) is 15.8. The number of halogens is 1. The van der Waals surface area contributed by atoms with Crippen molar-refractivity contribution in [3.63, 3.8) is 0 Å². The van der Waals surface area contributed by atoms with E-state index in [0.717, 1.165) is 16.9 Å². The van der Waals surface area contributed by atoms with Crippen LogP contribution in [0.4, 0.5) is 33.1 Å². The molecule has 0 spiro atoms. The average Bonchev–Trinajstić information content (AvgIpc) is 3.06. The Balaban J connectivity index is 1.56. The van der Waals surface area contributed by atoms with Crippen LogP contribution in [0.2, 0.25) is 0 Å². The minimum atomic E-state index is -1.10. The van der Waals surface area contributed by atoms with Gasteiger partial charge >= 0.3 is 0 Å². The predicted octanol–water partition coefficient (Wildman–Crippen LogP) is 3.66. The van der Waals surface area contributed by atoms with Crippen LogP contribution in [-0.4, -0.2) is 26.2 Å². The van der Waals surface area contributed by atoms with E-state index in [2.05, 4.69) is 20.3 Å². The molecule has 5 N–H and O–H groups in total. The summed E-state index contributed by atoms with van der Waals surface area (Å²) < 4.78 is 28.8. The lowest BCUT2D eigenvalue weighted by Gasteiger charge is -2.14. The molecule has 0 saturated carbocycles. The molecule has 3 aromatic heterocycles. The number of benzene rings is 1. The van der Waals surface area contributed by atoms with Gasteiger partial charge in [-0.2, -0.15) is 0 Å². The Kier molecular flexibility index (Phi) is 4.66. The fraction of sp³-hybridized carbons (Fsp3) is 0.136. The molecule has 0 radical (unpaired) electrons. The molecule has 8 nitrogen and oxygen atoms in total. The zero-order valence-electron chi connectivity index (χ0n) is 17.4. The SMILES string of the molecule is Cc1c(N)cncc1-c1cc2cc(Nc3ccc4c(n3)CS(=O)N4C)ncc2c(N)c1F. The van der Waals surface area contributed by atoms with Crippen molar-refractivity contribution in [3.8, 4) is 11.1 Å². The van der Waals surface area contributed by atoms with E-state index < -0.39 is 16.8 Å². The Morgan fingerprint density at radius 2 is 1.94 bits per heavy atom. The van der Waals surface area contributed by atoms with E-state index in [-0.39, 0.29) is 5.69 Å². The third kappa shape index (κ3) is 3.19. The molecule has 1 atom stereocenters. The van der Waals surface area contributed by atoms with Crippen molar-refractivity contribution >= 4 is 50.5 Å². The zero-order chi connectivity index (χ0) is 22.6. The van der Waals surface area contributed by atoms with Crippen LogP contribution in [0.5, 0.6) is 0 Å². The quantitative estimate of drug-likeness (QED) is 0.408. The molecule has 1 aromatic carbocycles. The van der Waals surface area contributed by atoms with E-state index in [1.54, 1.807) is 35.7 Å². The van der Waals surface area contributed by atoms with Gasteiger partial charge in [-0.3, -0.25) is 9.29 Å². The van der Waals surface area contributed by atoms with Gasteiger partial charge in [0.2, 0.25) is 0 Å². The first-order chi connectivity index (χ1) is 15.3. The molecule has 162 valence electrons. The van der Waals surface area contributed by atoms with Crippen molar-refractivity contribution in [1.82, 2.24) is 15.0 Å². The molecule has 1 unspecified atom stereocenters. The Bertz CT molecular complexity index is 1430. The van der Waals surface area contributed by atoms with Gasteiger partial charge in [0.1, 0.15) is 22.6 Å². The van der Waals surface area contributed by atoms with E-state index >= 15 is 4.39 Å². The minimum Gasteiger partial charge on any atom is -0.397 e. The molecular weight excluding hydrogens is 429 g/mol. The van der Waals surface area contributed by atoms with E-state index in [9.17, 15) is 4.21 Å². The first-order valence-electron chi connectivity index (χ1n) is 9.81. The number of nitrogens with zero attached hydrogens (tertiary/aromatic N) is 4. The molecule has 4 heterocycles. The van der Waals surface area contributed by atoms with Crippen LogP contribution in [-0.2, 0) is 16.7 Å². The maximum absolute atomic E-state index is 15.1. The van der Waals surface area contributed by atoms with Gasteiger partial charge in [-0.05, 0) is 42.1 Å². The summed E-state index contributed by atoms with van der Waals surface area (Å²) in [5, 5.41) is 4.38. The summed E-state index contributed by atoms with van der Waals surface area (Å²) in [6.07, 6.45) is 4.63. The smallest absolute Gasteiger partial charge is 0.154 e. The maximum Gasteiger partial charge on any atom is 0.154 e. The minimum absolute atomic E-state index is 0.0135. The van der Waals surface area contributed by atoms with Crippen molar-refractivity contribution < 1.29 is 8.60 Å². The summed E-state index contributed by atoms with van der Waals surface area (Å²) in [7, 11) is 0.675. The fourth-order valence-corrected chi connectivity index (χ4v) is 4.81. The molecule has 0 bridgehead atoms. The van der Waals surface area contributed by atoms with E-state index in [1.807, 2.05) is 13.0 Å². The first-order valence-corrected chi connectivity index (χ1v) is 11.1. The predicted molar refractivity (Wildman–Crippen MR) is 126 cm³/mol. The van der Waals surface area contributed by atoms with Gasteiger partial charge < -0.3 is 16.8 Å². The number of aromatic nitrogens is 3. The first kappa shape index (κ1) is 20.1. The molecule has 0 aliphatic carbocycles. The Hall–Kier alpha value is -3.79. The van der Waals surface area contributed by atoms with Crippen LogP contribution in [0, 0.1) is 12.7 Å². The number of nitrogens with two attached hydrogens (primary N) is 2. The Labute approximate surface area is 186 Å². The highest BCUT2D eigenvalue weighted by Gasteiger charge is 2.24. The second-order valence-corrected chi connectivity index (χ2v) is 9.07. The van der Waals surface area contributed by atoms with Crippen molar-refractivity contribution in [2.45, 2.75) is 12.7 Å². The number of rotatable bonds is 3. The largest absolute Gasteiger partial charge is 0.397 e. The van der Waals surface area contributed by atoms with Crippen LogP contribution < -0.4 is 21.1 Å². The standard InChI is InChI=1S/C22H20FN7OS/c1-11-14(7-26-9-16(11)24)13-5-12-6-20(27-8-15(12)22(25)21(13)23)29-19-4-3-18-17(28-19)10-32(31)30(18)2/h3-9H,10,24-25H2,1-2H3,(H,27,28,29). The molecule has 0 fully saturated rings. The molecule has 4 aromatic rings. The van der Waals surface area contributed by atoms with Gasteiger partial charge in [0.05, 0.1) is 34.7 Å². The second-order valence-electron chi connectivity index (χ2n) is 7.59. The van der Waals surface area contributed by atoms with Crippen LogP contribution in [0.1, 0.15) is 11.3 Å². The maximum atomic E-state index is 15.1. The molecule has 0 saturated heterocycles. The van der Waals surface area contributed by atoms with Gasteiger partial charge in [0.25, 0.3) is 0 Å². The van der Waals surface area contributed by atoms with Crippen LogP contribution in [0.25, 0.3) is 21.9 Å². The monoisotopic (exact) mass is 449 g/mol. The van der Waals surface area contributed by atoms with Crippen molar-refractivity contribution in [3.05, 3.63) is 59.9 Å². The molecule has 1 aliphatic rings. The number of anilines is 5. The van der Waals surface area contributed by atoms with Crippen LogP contribution in [0.15, 0.2) is 42.9 Å². The molecular formula is C22H20FN7OS. The lowest BCUT2D eigenvalue weighted by atomic mass is 9.97. The van der Waals surface area contributed by atoms with E-state index in [1.165, 1.54) is 12.4 Å². The van der Waals surface area contributed by atoms with Crippen molar-refractivity contribution in [2.75, 3.05) is 28.1 Å². The number of nitrogen functional groups attached to an aromatic ring is 2. The lowest BCUT2D eigenvalue weighted by Crippen LogP contribution is -2.13. The summed E-state index contributed by atoms with van der Waals surface area (Å²) in [6, 6.07) is 7.17. The van der Waals surface area contributed by atoms with Gasteiger partial charge in [0.15, 0.2) is 5.82 Å². The molecule has 32 heavy (non-hydrogen) atoms. The Morgan fingerprint density at radius 1 is 1.12 bits per heavy atom. The number of hydrogen-bond donors (Lipinski definition) is 3. The van der Waals surface area contributed by atoms with Gasteiger partial charge in [-0.1, -0.05) is 0 Å². The number of fused-ring (bicyclic) bond motifs is 2. The van der Waals surface area contributed by atoms with Gasteiger partial charge in [-0.15, -0.1) is 0 Å². The lowest BCUT2D eigenvalue weighted by molar-refractivity contribution is 0.637. The van der Waals surface area contributed by atoms with Crippen LogP contribution in [0.3, 0.4) is 0 Å². The highest BCUT2D eigenvalue weighted by atomic mass is 32.2. The second kappa shape index (κ2) is 7.41. The summed E-state index contributed by atoms with van der Waals surface area (Å²) in [6.45, 7) is 1.82. The molecule has 10 heteroatoms. The molecule has 1 aliphatic heterocycles. The zero-order valence-corrected chi connectivity index (χ0v) is 18.2. The number of nitrogens with one attached hydrogen (secondary N) is 1. The highest BCUT2D eigenvalue weighted by Crippen LogP contribution is 2.36. The van der Waals surface area contributed by atoms with Gasteiger partial charge in [-0.25, -0.2) is 18.6 Å². The fourth-order valence-electron chi connectivity index (χ4n) is 3.79. The summed E-state index contributed by atoms with van der Waals surface area (Å²) in [4.78, 5) is 13.0. The number of pyridine rings is 3. The summed E-state index contributed by atoms with van der Waals surface area (Å²) >= 11 is 0. The van der Waals surface area contributed by atoms with E-state index in [4.69, 9.17) is 11.5 Å². The summed E-state index contributed by atoms with van der Waals surface area (Å²) in [5.74, 6) is 0.943. The van der Waals surface area contributed by atoms with Gasteiger partial charge in [0, 0.05) is 36.0 Å². The molecule has 5 rings (SSSR count). The van der Waals surface area contributed by atoms with E-state index in [0.29, 0.717) is 45.0 Å². The number of hydrogen-bond acceptors (Lipinski definition) is 7. The third-order valence-corrected chi connectivity index (χ3v) is 6.98. The molecule has 0 amide bonds. The highest BCUT2D eigenvalue weighted by molar-refractivity contribution is 7.86. The normalized spacial score (nSPS) is 15.2. The average molecular weight is 450 g/mol. The Morgan fingerprint density at radius 3 is 2.75 bits per heavy atom. The van der Waals surface area contributed by atoms with Crippen LogP contribution >= 0.6 is 0 Å². The third-order valence-electron chi connectivity index (χ3n) is 5.65. The topological polar surface area (TPSA) is 123 Å². The van der Waals surface area contributed by atoms with Crippen molar-refractivity contribution in [1.29, 1.82) is 0 Å². The van der Waals surface area contributed by atoms with Crippen molar-refractivity contribution in [2.24, 2.45) is 0 Å².